The summed E-state index contributed by atoms with van der Waals surface area (Å²) < 4.78 is 52.9. The first-order chi connectivity index (χ1) is 12.3. The average Bonchev–Trinajstić information content (AvgIpc) is 3.08. The van der Waals surface area contributed by atoms with Gasteiger partial charge in [0.25, 0.3) is 10.0 Å². The lowest BCUT2D eigenvalue weighted by molar-refractivity contribution is -0.140. The van der Waals surface area contributed by atoms with Gasteiger partial charge in [0.2, 0.25) is 0 Å². The van der Waals surface area contributed by atoms with Gasteiger partial charge in [-0.3, -0.25) is 9.52 Å². The summed E-state index contributed by atoms with van der Waals surface area (Å²) in [6, 6.07) is 5.46. The Hall–Kier alpha value is -2.75. The number of carboxylic acids is 1. The van der Waals surface area contributed by atoms with Crippen LogP contribution in [0.25, 0.3) is 0 Å². The van der Waals surface area contributed by atoms with E-state index in [0.717, 1.165) is 24.4 Å². The fourth-order valence-electron chi connectivity index (χ4n) is 2.66. The normalized spacial score (nSPS) is 17.3. The van der Waals surface area contributed by atoms with Crippen LogP contribution in [0, 0.1) is 17.6 Å². The van der Waals surface area contributed by atoms with Crippen LogP contribution in [-0.2, 0) is 14.8 Å². The number of anilines is 2. The molecule has 138 valence electrons. The monoisotopic (exact) mass is 383 g/mol. The highest BCUT2D eigenvalue weighted by Crippen LogP contribution is 2.24. The minimum atomic E-state index is -4.02. The highest BCUT2D eigenvalue weighted by molar-refractivity contribution is 7.92. The molecular formula is C16H15F2N3O4S. The minimum absolute atomic E-state index is 0.114. The third-order valence-corrected chi connectivity index (χ3v) is 5.43. The molecule has 1 atom stereocenters. The van der Waals surface area contributed by atoms with Crippen LogP contribution in [0.5, 0.6) is 0 Å². The summed E-state index contributed by atoms with van der Waals surface area (Å²) in [6.07, 6.45) is 1.63. The molecule has 0 saturated carbocycles. The molecule has 1 saturated heterocycles. The number of hydrogen-bond acceptors (Lipinski definition) is 5. The molecule has 7 nitrogen and oxygen atoms in total. The van der Waals surface area contributed by atoms with E-state index in [9.17, 15) is 22.0 Å². The molecule has 0 spiro atoms. The highest BCUT2D eigenvalue weighted by atomic mass is 32.2. The number of rotatable bonds is 5. The zero-order chi connectivity index (χ0) is 18.9. The zero-order valence-electron chi connectivity index (χ0n) is 13.4. The van der Waals surface area contributed by atoms with Crippen molar-refractivity contribution >= 4 is 27.5 Å². The Balaban J connectivity index is 1.75. The van der Waals surface area contributed by atoms with Gasteiger partial charge in [-0.1, -0.05) is 0 Å². The molecule has 3 rings (SSSR count). The molecule has 2 N–H and O–H groups in total. The molecule has 1 unspecified atom stereocenters. The van der Waals surface area contributed by atoms with Crippen molar-refractivity contribution in [1.82, 2.24) is 4.98 Å². The lowest BCUT2D eigenvalue weighted by atomic mass is 10.1. The molecule has 0 amide bonds. The number of aromatic nitrogens is 1. The maximum atomic E-state index is 13.2. The SMILES string of the molecule is O=C(O)C1CCN(c2ccc(S(=O)(=O)Nc3ccc(F)c(F)c3)cn2)C1. The average molecular weight is 383 g/mol. The molecule has 26 heavy (non-hydrogen) atoms. The fourth-order valence-corrected chi connectivity index (χ4v) is 3.66. The van der Waals surface area contributed by atoms with E-state index in [0.29, 0.717) is 25.3 Å². The summed E-state index contributed by atoms with van der Waals surface area (Å²) in [5, 5.41) is 9.02. The first-order valence-electron chi connectivity index (χ1n) is 7.68. The number of sulfonamides is 1. The number of nitrogens with zero attached hydrogens (tertiary/aromatic N) is 2. The van der Waals surface area contributed by atoms with Gasteiger partial charge in [0, 0.05) is 25.4 Å². The topological polar surface area (TPSA) is 99.6 Å². The molecule has 2 aromatic rings. The van der Waals surface area contributed by atoms with Crippen LogP contribution in [0.1, 0.15) is 6.42 Å². The van der Waals surface area contributed by atoms with Gasteiger partial charge >= 0.3 is 5.97 Å². The van der Waals surface area contributed by atoms with E-state index in [2.05, 4.69) is 9.71 Å². The third kappa shape index (κ3) is 3.74. The number of hydrogen-bond donors (Lipinski definition) is 2. The van der Waals surface area contributed by atoms with Crippen molar-refractivity contribution in [3.8, 4) is 0 Å². The first kappa shape index (κ1) is 18.1. The molecule has 0 aliphatic carbocycles. The molecule has 1 aliphatic rings. The van der Waals surface area contributed by atoms with Gasteiger partial charge in [0.05, 0.1) is 11.6 Å². The van der Waals surface area contributed by atoms with E-state index in [1.807, 2.05) is 0 Å². The number of aliphatic carboxylic acids is 1. The lowest BCUT2D eigenvalue weighted by Gasteiger charge is -2.17. The van der Waals surface area contributed by atoms with Crippen molar-refractivity contribution in [2.45, 2.75) is 11.3 Å². The molecule has 1 fully saturated rings. The maximum absolute atomic E-state index is 13.2. The molecular weight excluding hydrogens is 368 g/mol. The van der Waals surface area contributed by atoms with E-state index in [1.54, 1.807) is 4.90 Å². The van der Waals surface area contributed by atoms with Gasteiger partial charge in [-0.25, -0.2) is 22.2 Å². The number of carbonyl (C=O) groups is 1. The second-order valence-electron chi connectivity index (χ2n) is 5.86. The number of halogens is 2. The molecule has 1 aliphatic heterocycles. The van der Waals surface area contributed by atoms with Crippen molar-refractivity contribution in [2.24, 2.45) is 5.92 Å². The van der Waals surface area contributed by atoms with Crippen molar-refractivity contribution in [3.63, 3.8) is 0 Å². The Bertz CT molecular complexity index is 935. The minimum Gasteiger partial charge on any atom is -0.481 e. The maximum Gasteiger partial charge on any atom is 0.308 e. The van der Waals surface area contributed by atoms with Gasteiger partial charge in [0.15, 0.2) is 11.6 Å². The summed E-state index contributed by atoms with van der Waals surface area (Å²) >= 11 is 0. The predicted octanol–water partition coefficient (Wildman–Crippen LogP) is 2.07. The van der Waals surface area contributed by atoms with Gasteiger partial charge in [-0.15, -0.1) is 0 Å². The number of pyridine rings is 1. The van der Waals surface area contributed by atoms with E-state index < -0.39 is 33.5 Å². The van der Waals surface area contributed by atoms with Crippen LogP contribution in [0.2, 0.25) is 0 Å². The highest BCUT2D eigenvalue weighted by Gasteiger charge is 2.29. The molecule has 10 heteroatoms. The summed E-state index contributed by atoms with van der Waals surface area (Å²) in [5.41, 5.74) is -0.114. The lowest BCUT2D eigenvalue weighted by Crippen LogP contribution is -2.23. The molecule has 1 aromatic carbocycles. The standard InChI is InChI=1S/C16H15F2N3O4S/c17-13-3-1-11(7-14(13)18)20-26(24,25)12-2-4-15(19-8-12)21-6-5-10(9-21)16(22)23/h1-4,7-8,10,20H,5-6,9H2,(H,22,23). The first-order valence-corrected chi connectivity index (χ1v) is 9.16. The largest absolute Gasteiger partial charge is 0.481 e. The number of carboxylic acid groups (broad SMARTS) is 1. The number of nitrogens with one attached hydrogen (secondary N) is 1. The van der Waals surface area contributed by atoms with E-state index in [-0.39, 0.29) is 10.6 Å². The van der Waals surface area contributed by atoms with Gasteiger partial charge in [-0.2, -0.15) is 0 Å². The molecule has 0 bridgehead atoms. The van der Waals surface area contributed by atoms with Crippen LogP contribution in [0.15, 0.2) is 41.4 Å². The molecule has 2 heterocycles. The van der Waals surface area contributed by atoms with Crippen LogP contribution < -0.4 is 9.62 Å². The Morgan fingerprint density at radius 1 is 1.23 bits per heavy atom. The summed E-state index contributed by atoms with van der Waals surface area (Å²) in [4.78, 5) is 16.7. The summed E-state index contributed by atoms with van der Waals surface area (Å²) in [5.74, 6) is -3.12. The number of benzene rings is 1. The fraction of sp³-hybridized carbons (Fsp3) is 0.250. The van der Waals surface area contributed by atoms with Crippen LogP contribution in [0.4, 0.5) is 20.3 Å². The van der Waals surface area contributed by atoms with Gasteiger partial charge in [-0.05, 0) is 30.7 Å². The van der Waals surface area contributed by atoms with Gasteiger partial charge in [0.1, 0.15) is 10.7 Å². The Kier molecular flexibility index (Phi) is 4.77. The molecule has 1 aromatic heterocycles. The van der Waals surface area contributed by atoms with E-state index in [1.165, 1.54) is 12.1 Å². The second kappa shape index (κ2) is 6.87. The van der Waals surface area contributed by atoms with Crippen molar-refractivity contribution in [3.05, 3.63) is 48.2 Å². The Morgan fingerprint density at radius 2 is 2.00 bits per heavy atom. The van der Waals surface area contributed by atoms with Crippen molar-refractivity contribution in [1.29, 1.82) is 0 Å². The predicted molar refractivity (Wildman–Crippen MR) is 89.4 cm³/mol. The van der Waals surface area contributed by atoms with Crippen LogP contribution >= 0.6 is 0 Å². The van der Waals surface area contributed by atoms with E-state index >= 15 is 0 Å². The van der Waals surface area contributed by atoms with Crippen molar-refractivity contribution < 1.29 is 27.1 Å². The van der Waals surface area contributed by atoms with Crippen LogP contribution in [0.3, 0.4) is 0 Å². The molecule has 0 radical (unpaired) electrons. The Morgan fingerprint density at radius 3 is 2.58 bits per heavy atom. The quantitative estimate of drug-likeness (QED) is 0.820. The third-order valence-electron chi connectivity index (χ3n) is 4.06. The summed E-state index contributed by atoms with van der Waals surface area (Å²) in [7, 11) is -4.02. The second-order valence-corrected chi connectivity index (χ2v) is 7.54. The summed E-state index contributed by atoms with van der Waals surface area (Å²) in [6.45, 7) is 0.824. The van der Waals surface area contributed by atoms with E-state index in [4.69, 9.17) is 5.11 Å². The van der Waals surface area contributed by atoms with Crippen LogP contribution in [-0.4, -0.2) is 37.6 Å². The van der Waals surface area contributed by atoms with Crippen molar-refractivity contribution in [2.75, 3.05) is 22.7 Å². The smallest absolute Gasteiger partial charge is 0.308 e. The Labute approximate surface area is 148 Å². The zero-order valence-corrected chi connectivity index (χ0v) is 14.2. The van der Waals surface area contributed by atoms with Gasteiger partial charge < -0.3 is 10.0 Å².